The summed E-state index contributed by atoms with van der Waals surface area (Å²) in [6.45, 7) is 8.93. The van der Waals surface area contributed by atoms with Gasteiger partial charge in [-0.05, 0) is 113 Å². The number of carbonyl (C=O) groups is 2. The van der Waals surface area contributed by atoms with Crippen LogP contribution in [0.2, 0.25) is 0 Å². The quantitative estimate of drug-likeness (QED) is 0.299. The first kappa shape index (κ1) is 30.1. The van der Waals surface area contributed by atoms with Crippen LogP contribution in [-0.2, 0) is 19.2 Å². The highest BCUT2D eigenvalue weighted by Gasteiger charge is 2.63. The number of fused-ring (bicyclic) bond motifs is 5. The van der Waals surface area contributed by atoms with Crippen LogP contribution in [0.3, 0.4) is 0 Å². The number of rotatable bonds is 7. The Labute approximate surface area is 244 Å². The number of aliphatic carboxylic acids is 1. The largest absolute Gasteiger partial charge is 0.481 e. The van der Waals surface area contributed by atoms with Crippen molar-refractivity contribution in [3.05, 3.63) is 11.6 Å². The van der Waals surface area contributed by atoms with Gasteiger partial charge in [0.15, 0.2) is 6.61 Å². The fourth-order valence-corrected chi connectivity index (χ4v) is 9.46. The lowest BCUT2D eigenvalue weighted by Crippen LogP contribution is -2.54. The molecule has 8 atom stereocenters. The van der Waals surface area contributed by atoms with Crippen molar-refractivity contribution >= 4 is 17.6 Å². The number of carboxylic acids is 1. The molecule has 4 aliphatic carbocycles. The number of carboxylic acid groups (broad SMARTS) is 1. The highest BCUT2D eigenvalue weighted by Crippen LogP contribution is 2.67. The van der Waals surface area contributed by atoms with Crippen molar-refractivity contribution in [2.45, 2.75) is 116 Å². The van der Waals surface area contributed by atoms with Gasteiger partial charge in [0.05, 0.1) is 17.7 Å². The van der Waals surface area contributed by atoms with Gasteiger partial charge in [-0.25, -0.2) is 0 Å². The maximum Gasteiger partial charge on any atom is 0.305 e. The van der Waals surface area contributed by atoms with E-state index < -0.39 is 17.6 Å². The summed E-state index contributed by atoms with van der Waals surface area (Å²) in [6.07, 6.45) is 17.0. The number of hydrogen-bond donors (Lipinski definition) is 3. The molecule has 0 unspecified atom stereocenters. The van der Waals surface area contributed by atoms with E-state index in [1.807, 2.05) is 13.8 Å². The molecule has 1 amide bonds. The molecule has 4 fully saturated rings. The molecule has 1 heterocycles. The molecule has 5 aliphatic rings. The molecule has 3 N–H and O–H groups in total. The van der Waals surface area contributed by atoms with E-state index in [2.05, 4.69) is 36.3 Å². The maximum atomic E-state index is 12.7. The van der Waals surface area contributed by atoms with Crippen molar-refractivity contribution in [2.24, 2.45) is 39.7 Å². The highest BCUT2D eigenvalue weighted by atomic mass is 16.6. The molecular formula is C33H48N2O6. The molecule has 1 saturated heterocycles. The summed E-state index contributed by atoms with van der Waals surface area (Å²) in [7, 11) is 0. The fraction of sp³-hybridized carbons (Fsp3) is 0.788. The summed E-state index contributed by atoms with van der Waals surface area (Å²) in [6, 6.07) is -0.471. The molecule has 8 nitrogen and oxygen atoms in total. The molecule has 0 aromatic rings. The smallest absolute Gasteiger partial charge is 0.305 e. The summed E-state index contributed by atoms with van der Waals surface area (Å²) >= 11 is 0. The fourth-order valence-electron chi connectivity index (χ4n) is 9.46. The van der Waals surface area contributed by atoms with Crippen LogP contribution in [0.5, 0.6) is 0 Å². The number of terminal acetylenes is 1. The van der Waals surface area contributed by atoms with E-state index >= 15 is 0 Å². The second kappa shape index (κ2) is 11.0. The molecule has 0 radical (unpaired) electrons. The molecule has 3 saturated carbocycles. The second-order valence-corrected chi connectivity index (χ2v) is 14.5. The first-order valence-corrected chi connectivity index (χ1v) is 15.6. The second-order valence-electron chi connectivity index (χ2n) is 14.5. The summed E-state index contributed by atoms with van der Waals surface area (Å²) in [5, 5.41) is 27.9. The predicted molar refractivity (Wildman–Crippen MR) is 156 cm³/mol. The first-order valence-electron chi connectivity index (χ1n) is 15.6. The van der Waals surface area contributed by atoms with Crippen molar-refractivity contribution in [1.82, 2.24) is 5.32 Å². The van der Waals surface area contributed by atoms with Crippen molar-refractivity contribution in [3.8, 4) is 12.3 Å². The number of allylic oxidation sites excluding steroid dienone is 2. The van der Waals surface area contributed by atoms with E-state index in [-0.39, 0.29) is 41.3 Å². The molecule has 0 spiro atoms. The van der Waals surface area contributed by atoms with E-state index in [4.69, 9.17) is 16.0 Å². The van der Waals surface area contributed by atoms with E-state index in [0.29, 0.717) is 43.6 Å². The van der Waals surface area contributed by atoms with E-state index in [9.17, 15) is 19.8 Å². The third-order valence-corrected chi connectivity index (χ3v) is 11.8. The zero-order valence-electron chi connectivity index (χ0n) is 25.2. The average Bonchev–Trinajstić information content (AvgIpc) is 3.18. The Kier molecular flexibility index (Phi) is 8.10. The highest BCUT2D eigenvalue weighted by molar-refractivity contribution is 5.96. The normalized spacial score (nSPS) is 41.2. The molecule has 0 aromatic heterocycles. The minimum absolute atomic E-state index is 0.0308. The van der Waals surface area contributed by atoms with Crippen molar-refractivity contribution in [3.63, 3.8) is 0 Å². The number of nitrogens with zero attached hydrogens (tertiary/aromatic N) is 1. The van der Waals surface area contributed by atoms with Gasteiger partial charge < -0.3 is 25.1 Å². The van der Waals surface area contributed by atoms with Crippen LogP contribution in [0.4, 0.5) is 0 Å². The van der Waals surface area contributed by atoms with Gasteiger partial charge in [-0.1, -0.05) is 30.5 Å². The lowest BCUT2D eigenvalue weighted by molar-refractivity contribution is -0.139. The zero-order valence-corrected chi connectivity index (χ0v) is 25.2. The van der Waals surface area contributed by atoms with Crippen LogP contribution in [0.25, 0.3) is 0 Å². The molecular weight excluding hydrogens is 520 g/mol. The van der Waals surface area contributed by atoms with Gasteiger partial charge in [0.25, 0.3) is 5.91 Å². The van der Waals surface area contributed by atoms with Gasteiger partial charge >= 0.3 is 5.97 Å². The molecule has 8 heteroatoms. The number of ether oxygens (including phenoxy) is 1. The number of nitrogens with one attached hydrogen (secondary N) is 1. The lowest BCUT2D eigenvalue weighted by atomic mass is 9.46. The van der Waals surface area contributed by atoms with Crippen molar-refractivity contribution in [1.29, 1.82) is 0 Å². The van der Waals surface area contributed by atoms with E-state index in [1.54, 1.807) is 0 Å². The monoisotopic (exact) mass is 568 g/mol. The van der Waals surface area contributed by atoms with Gasteiger partial charge in [0, 0.05) is 18.1 Å². The first-order chi connectivity index (χ1) is 19.3. The van der Waals surface area contributed by atoms with Crippen molar-refractivity contribution < 1.29 is 29.4 Å². The lowest BCUT2D eigenvalue weighted by Gasteiger charge is -2.58. The van der Waals surface area contributed by atoms with Gasteiger partial charge in [-0.2, -0.15) is 0 Å². The number of oxime groups is 1. The Morgan fingerprint density at radius 3 is 2.61 bits per heavy atom. The van der Waals surface area contributed by atoms with Crippen LogP contribution in [0, 0.1) is 46.8 Å². The van der Waals surface area contributed by atoms with Crippen LogP contribution >= 0.6 is 0 Å². The molecule has 226 valence electrons. The minimum atomic E-state index is -0.981. The summed E-state index contributed by atoms with van der Waals surface area (Å²) in [4.78, 5) is 29.7. The number of amides is 1. The standard InChI is InChI=1S/C33H48N2O6/c1-6-33(39)15-11-26-24-8-7-22-17-23(9-13-31(22,4)25(24)10-14-32(26,33)5)35-41-20-28(36)34-27(18-29(37)38)21-12-16-40-30(2,3)19-21/h1,17,21,24-27,39H,7-16,18-20H2,2-5H3,(H,34,36)(H,37,38)/b35-23+/t21-,24+,25+,26-,27-,31+,32+,33+/m1/s1. The number of hydrogen-bond acceptors (Lipinski definition) is 6. The van der Waals surface area contributed by atoms with Gasteiger partial charge in [-0.3, -0.25) is 9.59 Å². The Balaban J connectivity index is 1.19. The topological polar surface area (TPSA) is 117 Å². The minimum Gasteiger partial charge on any atom is -0.481 e. The van der Waals surface area contributed by atoms with Crippen molar-refractivity contribution in [2.75, 3.05) is 13.2 Å². The maximum absolute atomic E-state index is 12.7. The Hall–Kier alpha value is -2.37. The van der Waals surface area contributed by atoms with Gasteiger partial charge in [0.1, 0.15) is 5.60 Å². The Bertz CT molecular complexity index is 1150. The number of aliphatic hydroxyl groups is 1. The SMILES string of the molecule is C#C[C@]1(O)CC[C@@H]2[C@H]3CCC4=C/C(=N/OCC(=O)N[C@H](CC(=O)O)[C@@H]5CCOC(C)(C)C5)CC[C@]4(C)[C@H]3CC[C@@]21C. The van der Waals surface area contributed by atoms with Gasteiger partial charge in [-0.15, -0.1) is 6.42 Å². The Morgan fingerprint density at radius 1 is 1.15 bits per heavy atom. The van der Waals surface area contributed by atoms with Crippen LogP contribution in [-0.4, -0.2) is 58.3 Å². The summed E-state index contributed by atoms with van der Waals surface area (Å²) < 4.78 is 5.77. The molecule has 1 aliphatic heterocycles. The van der Waals surface area contributed by atoms with Crippen LogP contribution in [0.1, 0.15) is 98.3 Å². The summed E-state index contributed by atoms with van der Waals surface area (Å²) in [5.74, 6) is 3.14. The molecule has 5 rings (SSSR count). The van der Waals surface area contributed by atoms with E-state index in [0.717, 1.165) is 50.7 Å². The predicted octanol–water partition coefficient (Wildman–Crippen LogP) is 4.85. The molecule has 0 aromatic carbocycles. The molecule has 41 heavy (non-hydrogen) atoms. The Morgan fingerprint density at radius 2 is 1.90 bits per heavy atom. The van der Waals surface area contributed by atoms with Gasteiger partial charge in [0.2, 0.25) is 0 Å². The average molecular weight is 569 g/mol. The van der Waals surface area contributed by atoms with Crippen LogP contribution < -0.4 is 5.32 Å². The third-order valence-electron chi connectivity index (χ3n) is 11.8. The summed E-state index contributed by atoms with van der Waals surface area (Å²) in [5.41, 5.74) is 0.883. The van der Waals surface area contributed by atoms with E-state index in [1.165, 1.54) is 5.57 Å². The third kappa shape index (κ3) is 5.57. The molecule has 0 bridgehead atoms. The van der Waals surface area contributed by atoms with Crippen LogP contribution in [0.15, 0.2) is 16.8 Å². The number of carbonyl (C=O) groups excluding carboxylic acids is 1. The zero-order chi connectivity index (χ0) is 29.6.